The lowest BCUT2D eigenvalue weighted by atomic mass is 10.2. The van der Waals surface area contributed by atoms with Crippen molar-refractivity contribution in [2.45, 2.75) is 20.4 Å². The first-order chi connectivity index (χ1) is 13.4. The summed E-state index contributed by atoms with van der Waals surface area (Å²) in [5.41, 5.74) is 4.64. The summed E-state index contributed by atoms with van der Waals surface area (Å²) in [6, 6.07) is 16.3. The van der Waals surface area contributed by atoms with E-state index in [1.165, 1.54) is 12.1 Å². The van der Waals surface area contributed by atoms with Crippen LogP contribution in [0.15, 0.2) is 54.6 Å². The van der Waals surface area contributed by atoms with Crippen molar-refractivity contribution in [3.63, 3.8) is 0 Å². The molecule has 4 rings (SSSR count). The molecule has 0 saturated carbocycles. The Morgan fingerprint density at radius 2 is 1.86 bits per heavy atom. The van der Waals surface area contributed by atoms with Crippen molar-refractivity contribution < 1.29 is 9.18 Å². The molecule has 5 nitrogen and oxygen atoms in total. The molecule has 0 atom stereocenters. The summed E-state index contributed by atoms with van der Waals surface area (Å²) in [6.07, 6.45) is 0. The summed E-state index contributed by atoms with van der Waals surface area (Å²) in [7, 11) is 1.76. The van der Waals surface area contributed by atoms with Gasteiger partial charge in [0.15, 0.2) is 0 Å². The Labute approximate surface area is 162 Å². The quantitative estimate of drug-likeness (QED) is 0.573. The molecular weight excluding hydrogens is 355 g/mol. The molecule has 0 radical (unpaired) electrons. The van der Waals surface area contributed by atoms with E-state index in [2.05, 4.69) is 10.4 Å². The molecule has 28 heavy (non-hydrogen) atoms. The van der Waals surface area contributed by atoms with Gasteiger partial charge in [0, 0.05) is 12.4 Å². The van der Waals surface area contributed by atoms with Crippen LogP contribution in [0.5, 0.6) is 0 Å². The highest BCUT2D eigenvalue weighted by molar-refractivity contribution is 6.06. The van der Waals surface area contributed by atoms with Crippen molar-refractivity contribution in [2.24, 2.45) is 7.05 Å². The first kappa shape index (κ1) is 18.0. The summed E-state index contributed by atoms with van der Waals surface area (Å²) in [5, 5.41) is 8.38. The predicted octanol–water partition coefficient (Wildman–Crippen LogP) is 4.43. The molecule has 142 valence electrons. The third-order valence-corrected chi connectivity index (χ3v) is 5.04. The minimum Gasteiger partial charge on any atom is -0.340 e. The Balaban J connectivity index is 1.62. The molecule has 2 heterocycles. The molecule has 1 amide bonds. The molecule has 0 spiro atoms. The largest absolute Gasteiger partial charge is 0.340 e. The highest BCUT2D eigenvalue weighted by Crippen LogP contribution is 2.24. The van der Waals surface area contributed by atoms with Crippen LogP contribution in [0.1, 0.15) is 27.4 Å². The lowest BCUT2D eigenvalue weighted by Gasteiger charge is -2.08. The minimum atomic E-state index is -0.325. The molecule has 0 aliphatic carbocycles. The van der Waals surface area contributed by atoms with Crippen LogP contribution in [0.3, 0.4) is 0 Å². The Bertz CT molecular complexity index is 1170. The number of aryl methyl sites for hydroxylation is 2. The van der Waals surface area contributed by atoms with E-state index in [4.69, 9.17) is 0 Å². The van der Waals surface area contributed by atoms with Gasteiger partial charge in [0.25, 0.3) is 5.91 Å². The van der Waals surface area contributed by atoms with E-state index in [9.17, 15) is 9.18 Å². The number of nitrogens with one attached hydrogen (secondary N) is 1. The van der Waals surface area contributed by atoms with E-state index in [1.54, 1.807) is 23.7 Å². The van der Waals surface area contributed by atoms with Crippen LogP contribution in [0.4, 0.5) is 10.1 Å². The second-order valence-electron chi connectivity index (χ2n) is 6.93. The first-order valence-corrected chi connectivity index (χ1v) is 9.08. The maximum atomic E-state index is 13.5. The monoisotopic (exact) mass is 376 g/mol. The predicted molar refractivity (Wildman–Crippen MR) is 108 cm³/mol. The molecule has 0 fully saturated rings. The van der Waals surface area contributed by atoms with Crippen molar-refractivity contribution >= 4 is 22.5 Å². The summed E-state index contributed by atoms with van der Waals surface area (Å²) < 4.78 is 17.1. The van der Waals surface area contributed by atoms with Gasteiger partial charge in [-0.05, 0) is 43.7 Å². The smallest absolute Gasteiger partial charge is 0.272 e. The van der Waals surface area contributed by atoms with Gasteiger partial charge in [0.1, 0.15) is 11.5 Å². The average molecular weight is 376 g/mol. The Morgan fingerprint density at radius 1 is 1.11 bits per heavy atom. The number of hydrogen-bond acceptors (Lipinski definition) is 2. The SMILES string of the molecule is Cc1nn(Cc2ccccc2)c(C)c1NC(=O)c1cc2ccc(F)cc2n1C. The van der Waals surface area contributed by atoms with Gasteiger partial charge in [-0.1, -0.05) is 30.3 Å². The number of aromatic nitrogens is 3. The maximum absolute atomic E-state index is 13.5. The molecule has 0 aliphatic rings. The zero-order valence-corrected chi connectivity index (χ0v) is 16.0. The molecule has 1 N–H and O–H groups in total. The topological polar surface area (TPSA) is 51.9 Å². The minimum absolute atomic E-state index is 0.246. The standard InChI is InChI=1S/C22H21FN4O/c1-14-21(15(2)27(25-14)13-16-7-5-4-6-8-16)24-22(28)20-11-17-9-10-18(23)12-19(17)26(20)3/h4-12H,13H2,1-3H3,(H,24,28). The molecule has 4 aromatic rings. The average Bonchev–Trinajstić information content (AvgIpc) is 3.14. The number of amides is 1. The molecule has 0 aliphatic heterocycles. The highest BCUT2D eigenvalue weighted by atomic mass is 19.1. The van der Waals surface area contributed by atoms with E-state index >= 15 is 0 Å². The number of rotatable bonds is 4. The van der Waals surface area contributed by atoms with Gasteiger partial charge in [0.05, 0.1) is 29.1 Å². The van der Waals surface area contributed by atoms with Crippen molar-refractivity contribution in [1.29, 1.82) is 0 Å². The lowest BCUT2D eigenvalue weighted by Crippen LogP contribution is -2.16. The van der Waals surface area contributed by atoms with Crippen LogP contribution in [0.2, 0.25) is 0 Å². The van der Waals surface area contributed by atoms with Gasteiger partial charge in [-0.2, -0.15) is 5.10 Å². The molecule has 2 aromatic carbocycles. The maximum Gasteiger partial charge on any atom is 0.272 e. The van der Waals surface area contributed by atoms with Gasteiger partial charge in [-0.15, -0.1) is 0 Å². The molecular formula is C22H21FN4O. The second-order valence-corrected chi connectivity index (χ2v) is 6.93. The third kappa shape index (κ3) is 3.17. The molecule has 0 unspecified atom stereocenters. The molecule has 2 aromatic heterocycles. The van der Waals surface area contributed by atoms with E-state index < -0.39 is 0 Å². The van der Waals surface area contributed by atoms with Gasteiger partial charge >= 0.3 is 0 Å². The highest BCUT2D eigenvalue weighted by Gasteiger charge is 2.18. The Kier molecular flexibility index (Phi) is 4.47. The normalized spacial score (nSPS) is 11.1. The van der Waals surface area contributed by atoms with E-state index in [1.807, 2.05) is 48.9 Å². The third-order valence-electron chi connectivity index (χ3n) is 5.04. The van der Waals surface area contributed by atoms with Crippen LogP contribution in [0, 0.1) is 19.7 Å². The number of carbonyl (C=O) groups is 1. The van der Waals surface area contributed by atoms with Crippen LogP contribution < -0.4 is 5.32 Å². The molecule has 6 heteroatoms. The second kappa shape index (κ2) is 6.96. The van der Waals surface area contributed by atoms with Crippen LogP contribution >= 0.6 is 0 Å². The van der Waals surface area contributed by atoms with Gasteiger partial charge in [-0.25, -0.2) is 4.39 Å². The number of hydrogen-bond donors (Lipinski definition) is 1. The van der Waals surface area contributed by atoms with Crippen molar-refractivity contribution in [2.75, 3.05) is 5.32 Å². The van der Waals surface area contributed by atoms with Crippen molar-refractivity contribution in [1.82, 2.24) is 14.3 Å². The van der Waals surface area contributed by atoms with Crippen molar-refractivity contribution in [3.05, 3.63) is 83.1 Å². The zero-order valence-electron chi connectivity index (χ0n) is 16.0. The van der Waals surface area contributed by atoms with E-state index in [-0.39, 0.29) is 11.7 Å². The fourth-order valence-corrected chi connectivity index (χ4v) is 3.49. The number of halogens is 1. The lowest BCUT2D eigenvalue weighted by molar-refractivity contribution is 0.101. The van der Waals surface area contributed by atoms with Gasteiger partial charge in [-0.3, -0.25) is 9.48 Å². The van der Waals surface area contributed by atoms with Crippen LogP contribution in [-0.4, -0.2) is 20.3 Å². The molecule has 0 saturated heterocycles. The van der Waals surface area contributed by atoms with Crippen LogP contribution in [-0.2, 0) is 13.6 Å². The van der Waals surface area contributed by atoms with Crippen molar-refractivity contribution in [3.8, 4) is 0 Å². The number of anilines is 1. The van der Waals surface area contributed by atoms with Crippen LogP contribution in [0.25, 0.3) is 10.9 Å². The number of nitrogens with zero attached hydrogens (tertiary/aromatic N) is 3. The van der Waals surface area contributed by atoms with Gasteiger partial charge < -0.3 is 9.88 Å². The zero-order chi connectivity index (χ0) is 19.8. The van der Waals surface area contributed by atoms with Gasteiger partial charge in [0.2, 0.25) is 0 Å². The fraction of sp³-hybridized carbons (Fsp3) is 0.182. The van der Waals surface area contributed by atoms with E-state index in [0.29, 0.717) is 23.4 Å². The summed E-state index contributed by atoms with van der Waals surface area (Å²) in [4.78, 5) is 12.9. The summed E-state index contributed by atoms with van der Waals surface area (Å²) in [5.74, 6) is -0.570. The fourth-order valence-electron chi connectivity index (χ4n) is 3.49. The number of benzene rings is 2. The number of fused-ring (bicyclic) bond motifs is 1. The molecule has 0 bridgehead atoms. The summed E-state index contributed by atoms with van der Waals surface area (Å²) in [6.45, 7) is 4.45. The Hall–Kier alpha value is -3.41. The first-order valence-electron chi connectivity index (χ1n) is 9.08. The Morgan fingerprint density at radius 3 is 2.61 bits per heavy atom. The summed E-state index contributed by atoms with van der Waals surface area (Å²) >= 11 is 0. The number of carbonyl (C=O) groups excluding carboxylic acids is 1. The van der Waals surface area contributed by atoms with E-state index in [0.717, 1.165) is 22.3 Å².